The van der Waals surface area contributed by atoms with Gasteiger partial charge in [0.2, 0.25) is 0 Å². The van der Waals surface area contributed by atoms with Gasteiger partial charge in [-0.2, -0.15) is 5.26 Å². The third-order valence-corrected chi connectivity index (χ3v) is 1.27. The van der Waals surface area contributed by atoms with Crippen LogP contribution in [0.5, 0.6) is 0 Å². The number of nitrogens with one attached hydrogen (secondary N) is 1. The molecule has 2 heteroatoms. The summed E-state index contributed by atoms with van der Waals surface area (Å²) in [6.07, 6.45) is 0.870. The first-order valence-electron chi connectivity index (χ1n) is 3.81. The van der Waals surface area contributed by atoms with E-state index in [1.807, 2.05) is 13.8 Å². The van der Waals surface area contributed by atoms with Gasteiger partial charge in [0.15, 0.2) is 0 Å². The molecule has 1 unspecified atom stereocenters. The van der Waals surface area contributed by atoms with Crippen LogP contribution in [-0.2, 0) is 0 Å². The molecule has 0 heterocycles. The zero-order valence-electron chi connectivity index (χ0n) is 7.15. The van der Waals surface area contributed by atoms with Crippen LogP contribution in [0.4, 0.5) is 0 Å². The Balaban J connectivity index is 3.14. The molecule has 0 rings (SSSR count). The standard InChI is InChI=1S/C9H14N2/c1-3-4-5-6-11-8-9(2)7-10/h9,11H,5-6,8H2,1-2H3. The molecule has 0 saturated carbocycles. The second-order valence-corrected chi connectivity index (χ2v) is 2.41. The largest absolute Gasteiger partial charge is 0.314 e. The van der Waals surface area contributed by atoms with Gasteiger partial charge in [0.25, 0.3) is 0 Å². The molecule has 0 saturated heterocycles. The van der Waals surface area contributed by atoms with E-state index < -0.39 is 0 Å². The van der Waals surface area contributed by atoms with Gasteiger partial charge in [0.05, 0.1) is 12.0 Å². The van der Waals surface area contributed by atoms with Crippen molar-refractivity contribution in [3.8, 4) is 17.9 Å². The quantitative estimate of drug-likeness (QED) is 0.482. The number of nitriles is 1. The van der Waals surface area contributed by atoms with Crippen LogP contribution in [0.3, 0.4) is 0 Å². The van der Waals surface area contributed by atoms with Crippen molar-refractivity contribution in [2.45, 2.75) is 20.3 Å². The lowest BCUT2D eigenvalue weighted by molar-refractivity contribution is 0.609. The van der Waals surface area contributed by atoms with Crippen molar-refractivity contribution in [2.75, 3.05) is 13.1 Å². The van der Waals surface area contributed by atoms with E-state index in [-0.39, 0.29) is 5.92 Å². The first kappa shape index (κ1) is 10.0. The molecule has 0 aliphatic rings. The molecule has 0 radical (unpaired) electrons. The highest BCUT2D eigenvalue weighted by molar-refractivity contribution is 4.95. The fraction of sp³-hybridized carbons (Fsp3) is 0.667. The third-order valence-electron chi connectivity index (χ3n) is 1.27. The fourth-order valence-corrected chi connectivity index (χ4v) is 0.640. The molecular weight excluding hydrogens is 136 g/mol. The van der Waals surface area contributed by atoms with Gasteiger partial charge >= 0.3 is 0 Å². The van der Waals surface area contributed by atoms with Crippen LogP contribution in [0.2, 0.25) is 0 Å². The van der Waals surface area contributed by atoms with Gasteiger partial charge in [-0.3, -0.25) is 0 Å². The summed E-state index contributed by atoms with van der Waals surface area (Å²) in [6, 6.07) is 2.16. The lowest BCUT2D eigenvalue weighted by atomic mass is 10.2. The minimum Gasteiger partial charge on any atom is -0.314 e. The Morgan fingerprint density at radius 2 is 2.27 bits per heavy atom. The van der Waals surface area contributed by atoms with E-state index in [9.17, 15) is 0 Å². The van der Waals surface area contributed by atoms with Gasteiger partial charge in [-0.25, -0.2) is 0 Å². The van der Waals surface area contributed by atoms with Gasteiger partial charge in [-0.15, -0.1) is 11.8 Å². The molecule has 0 spiro atoms. The second-order valence-electron chi connectivity index (χ2n) is 2.41. The van der Waals surface area contributed by atoms with E-state index in [1.54, 1.807) is 0 Å². The highest BCUT2D eigenvalue weighted by Gasteiger charge is 1.95. The van der Waals surface area contributed by atoms with E-state index in [2.05, 4.69) is 23.2 Å². The predicted molar refractivity (Wildman–Crippen MR) is 45.7 cm³/mol. The summed E-state index contributed by atoms with van der Waals surface area (Å²) in [6.45, 7) is 5.38. The summed E-state index contributed by atoms with van der Waals surface area (Å²) in [5.41, 5.74) is 0. The van der Waals surface area contributed by atoms with Crippen molar-refractivity contribution in [2.24, 2.45) is 5.92 Å². The summed E-state index contributed by atoms with van der Waals surface area (Å²) in [5.74, 6) is 5.86. The van der Waals surface area contributed by atoms with Crippen LogP contribution in [0.25, 0.3) is 0 Å². The minimum absolute atomic E-state index is 0.101. The maximum Gasteiger partial charge on any atom is 0.0666 e. The highest BCUT2D eigenvalue weighted by Crippen LogP contribution is 1.86. The third kappa shape index (κ3) is 6.90. The number of hydrogen-bond acceptors (Lipinski definition) is 2. The molecule has 0 aliphatic carbocycles. The molecule has 0 aromatic heterocycles. The maximum atomic E-state index is 8.42. The van der Waals surface area contributed by atoms with E-state index in [1.165, 1.54) is 0 Å². The molecule has 60 valence electrons. The van der Waals surface area contributed by atoms with Gasteiger partial charge in [0.1, 0.15) is 0 Å². The summed E-state index contributed by atoms with van der Waals surface area (Å²) in [5, 5.41) is 11.6. The monoisotopic (exact) mass is 150 g/mol. The number of hydrogen-bond donors (Lipinski definition) is 1. The van der Waals surface area contributed by atoms with E-state index in [4.69, 9.17) is 5.26 Å². The normalized spacial score (nSPS) is 11.0. The molecule has 1 atom stereocenters. The van der Waals surface area contributed by atoms with Crippen molar-refractivity contribution < 1.29 is 0 Å². The molecule has 1 N–H and O–H groups in total. The van der Waals surface area contributed by atoms with Crippen molar-refractivity contribution in [1.82, 2.24) is 5.32 Å². The van der Waals surface area contributed by atoms with Gasteiger partial charge in [-0.05, 0) is 13.8 Å². The van der Waals surface area contributed by atoms with Crippen LogP contribution in [-0.4, -0.2) is 13.1 Å². The predicted octanol–water partition coefficient (Wildman–Crippen LogP) is 1.15. The molecule has 0 amide bonds. The van der Waals surface area contributed by atoms with E-state index >= 15 is 0 Å². The Labute approximate surface area is 68.6 Å². The van der Waals surface area contributed by atoms with Crippen molar-refractivity contribution in [3.05, 3.63) is 0 Å². The second kappa shape index (κ2) is 7.12. The Morgan fingerprint density at radius 3 is 2.82 bits per heavy atom. The molecule has 0 fully saturated rings. The number of nitrogens with zero attached hydrogens (tertiary/aromatic N) is 1. The van der Waals surface area contributed by atoms with Crippen molar-refractivity contribution in [1.29, 1.82) is 5.26 Å². The van der Waals surface area contributed by atoms with Crippen LogP contribution >= 0.6 is 0 Å². The summed E-state index contributed by atoms with van der Waals surface area (Å²) in [4.78, 5) is 0. The van der Waals surface area contributed by atoms with Gasteiger partial charge in [-0.1, -0.05) is 0 Å². The SMILES string of the molecule is CC#CCCNCC(C)C#N. The Hall–Kier alpha value is -0.990. The number of rotatable bonds is 4. The summed E-state index contributed by atoms with van der Waals surface area (Å²) < 4.78 is 0. The van der Waals surface area contributed by atoms with Gasteiger partial charge < -0.3 is 5.32 Å². The van der Waals surface area contributed by atoms with Crippen LogP contribution in [0.15, 0.2) is 0 Å². The molecule has 0 aromatic carbocycles. The van der Waals surface area contributed by atoms with Crippen LogP contribution in [0.1, 0.15) is 20.3 Å². The Morgan fingerprint density at radius 1 is 1.55 bits per heavy atom. The van der Waals surface area contributed by atoms with Crippen molar-refractivity contribution in [3.63, 3.8) is 0 Å². The fourth-order valence-electron chi connectivity index (χ4n) is 0.640. The van der Waals surface area contributed by atoms with E-state index in [0.717, 1.165) is 19.5 Å². The lowest BCUT2D eigenvalue weighted by Crippen LogP contribution is -2.21. The molecule has 0 bridgehead atoms. The van der Waals surface area contributed by atoms with E-state index in [0.29, 0.717) is 0 Å². The summed E-state index contributed by atoms with van der Waals surface area (Å²) >= 11 is 0. The summed E-state index contributed by atoms with van der Waals surface area (Å²) in [7, 11) is 0. The molecule has 0 aromatic rings. The first-order chi connectivity index (χ1) is 5.31. The molecular formula is C9H14N2. The van der Waals surface area contributed by atoms with Crippen LogP contribution < -0.4 is 5.32 Å². The average molecular weight is 150 g/mol. The molecule has 11 heavy (non-hydrogen) atoms. The topological polar surface area (TPSA) is 35.8 Å². The molecule has 2 nitrogen and oxygen atoms in total. The zero-order chi connectivity index (χ0) is 8.53. The Kier molecular flexibility index (Phi) is 6.48. The molecule has 0 aliphatic heterocycles. The van der Waals surface area contributed by atoms with Crippen molar-refractivity contribution >= 4 is 0 Å². The first-order valence-corrected chi connectivity index (χ1v) is 3.81. The average Bonchev–Trinajstić information content (AvgIpc) is 2.04. The van der Waals surface area contributed by atoms with Gasteiger partial charge in [0, 0.05) is 19.5 Å². The zero-order valence-corrected chi connectivity index (χ0v) is 7.15. The smallest absolute Gasteiger partial charge is 0.0666 e. The van der Waals surface area contributed by atoms with Crippen LogP contribution in [0, 0.1) is 29.1 Å². The highest BCUT2D eigenvalue weighted by atomic mass is 14.8. The maximum absolute atomic E-state index is 8.42. The lowest BCUT2D eigenvalue weighted by Gasteiger charge is -2.01. The Bertz CT molecular complexity index is 180. The minimum atomic E-state index is 0.101.